The predicted molar refractivity (Wildman–Crippen MR) is 97.5 cm³/mol. The lowest BCUT2D eigenvalue weighted by molar-refractivity contribution is 0.357. The molecular formula is C19H22ClN3O. The van der Waals surface area contributed by atoms with E-state index in [1.807, 2.05) is 12.1 Å². The molecule has 2 aliphatic rings. The molecule has 3 unspecified atom stereocenters. The highest BCUT2D eigenvalue weighted by Crippen LogP contribution is 2.38. The fourth-order valence-corrected chi connectivity index (χ4v) is 4.06. The highest BCUT2D eigenvalue weighted by Gasteiger charge is 2.34. The Kier molecular flexibility index (Phi) is 3.87. The van der Waals surface area contributed by atoms with Gasteiger partial charge >= 0.3 is 0 Å². The van der Waals surface area contributed by atoms with E-state index in [-0.39, 0.29) is 11.5 Å². The number of hydrogen-bond acceptors (Lipinski definition) is 2. The van der Waals surface area contributed by atoms with E-state index in [9.17, 15) is 4.79 Å². The third kappa shape index (κ3) is 2.53. The average molecular weight is 344 g/mol. The van der Waals surface area contributed by atoms with Crippen molar-refractivity contribution in [2.75, 3.05) is 0 Å². The average Bonchev–Trinajstić information content (AvgIpc) is 2.83. The van der Waals surface area contributed by atoms with Crippen molar-refractivity contribution in [3.05, 3.63) is 50.9 Å². The van der Waals surface area contributed by atoms with Gasteiger partial charge in [-0.15, -0.1) is 0 Å². The molecule has 2 heterocycles. The molecule has 1 aromatic carbocycles. The zero-order valence-electron chi connectivity index (χ0n) is 14.1. The van der Waals surface area contributed by atoms with E-state index >= 15 is 0 Å². The molecule has 0 amide bonds. The Morgan fingerprint density at radius 3 is 2.71 bits per heavy atom. The van der Waals surface area contributed by atoms with Crippen LogP contribution in [-0.2, 0) is 6.54 Å². The highest BCUT2D eigenvalue weighted by molar-refractivity contribution is 6.30. The van der Waals surface area contributed by atoms with Crippen molar-refractivity contribution in [2.24, 2.45) is 16.8 Å². The zero-order valence-corrected chi connectivity index (χ0v) is 14.8. The number of nitrogens with zero attached hydrogens (tertiary/aromatic N) is 2. The summed E-state index contributed by atoms with van der Waals surface area (Å²) in [6, 6.07) is 7.34. The smallest absolute Gasteiger partial charge is 0.276 e. The van der Waals surface area contributed by atoms with E-state index in [2.05, 4.69) is 18.9 Å². The largest absolute Gasteiger partial charge is 0.294 e. The Hall–Kier alpha value is -1.81. The van der Waals surface area contributed by atoms with E-state index in [0.29, 0.717) is 23.4 Å². The first-order valence-corrected chi connectivity index (χ1v) is 9.05. The van der Waals surface area contributed by atoms with Gasteiger partial charge in [-0.05, 0) is 55.4 Å². The third-order valence-electron chi connectivity index (χ3n) is 5.73. The Morgan fingerprint density at radius 2 is 1.96 bits per heavy atom. The van der Waals surface area contributed by atoms with Crippen LogP contribution in [0.25, 0.3) is 5.69 Å². The molecule has 1 saturated carbocycles. The molecule has 1 aliphatic heterocycles. The maximum Gasteiger partial charge on any atom is 0.276 e. The zero-order chi connectivity index (χ0) is 16.8. The van der Waals surface area contributed by atoms with Crippen molar-refractivity contribution in [3.8, 4) is 5.69 Å². The van der Waals surface area contributed by atoms with E-state index < -0.39 is 0 Å². The lowest BCUT2D eigenvalue weighted by atomic mass is 9.85. The monoisotopic (exact) mass is 343 g/mol. The number of rotatable bonds is 1. The molecule has 0 radical (unpaired) electrons. The van der Waals surface area contributed by atoms with Gasteiger partial charge in [-0.1, -0.05) is 25.4 Å². The van der Waals surface area contributed by atoms with Crippen LogP contribution in [0.4, 0.5) is 0 Å². The summed E-state index contributed by atoms with van der Waals surface area (Å²) in [5, 5.41) is 4.05. The predicted octanol–water partition coefficient (Wildman–Crippen LogP) is 4.31. The van der Waals surface area contributed by atoms with Crippen LogP contribution in [0.1, 0.15) is 50.3 Å². The number of hydrogen-bond donors (Lipinski definition) is 1. The fourth-order valence-electron chi connectivity index (χ4n) is 3.93. The molecule has 4 nitrogen and oxygen atoms in total. The number of nitrogens with one attached hydrogen (secondary N) is 1. The van der Waals surface area contributed by atoms with Crippen molar-refractivity contribution < 1.29 is 0 Å². The molecule has 4 rings (SSSR count). The second kappa shape index (κ2) is 5.92. The van der Waals surface area contributed by atoms with E-state index in [4.69, 9.17) is 16.6 Å². The number of aromatic nitrogens is 2. The van der Waals surface area contributed by atoms with Crippen molar-refractivity contribution in [1.82, 2.24) is 9.78 Å². The molecule has 2 aromatic rings. The lowest BCUT2D eigenvalue weighted by Gasteiger charge is -2.23. The summed E-state index contributed by atoms with van der Waals surface area (Å²) >= 11 is 5.96. The van der Waals surface area contributed by atoms with Crippen LogP contribution in [0.2, 0.25) is 5.02 Å². The quantitative estimate of drug-likeness (QED) is 0.824. The summed E-state index contributed by atoms with van der Waals surface area (Å²) < 4.78 is 1.64. The van der Waals surface area contributed by atoms with Gasteiger partial charge in [0.15, 0.2) is 0 Å². The molecule has 0 bridgehead atoms. The van der Waals surface area contributed by atoms with Crippen molar-refractivity contribution in [1.29, 1.82) is 0 Å². The SMILES string of the molecule is CC1CCC2=NCc3c([nH]n(-c4ccc(Cl)cc4)c3=O)C2CC1C. The minimum atomic E-state index is 0.0140. The van der Waals surface area contributed by atoms with Crippen LogP contribution in [0.3, 0.4) is 0 Å². The molecule has 3 atom stereocenters. The van der Waals surface area contributed by atoms with Crippen molar-refractivity contribution in [3.63, 3.8) is 0 Å². The fraction of sp³-hybridized carbons (Fsp3) is 0.474. The second-order valence-electron chi connectivity index (χ2n) is 7.21. The maximum absolute atomic E-state index is 12.8. The van der Waals surface area contributed by atoms with Crippen LogP contribution >= 0.6 is 11.6 Å². The number of fused-ring (bicyclic) bond motifs is 3. The van der Waals surface area contributed by atoms with Gasteiger partial charge in [0.05, 0.1) is 23.5 Å². The van der Waals surface area contributed by atoms with Crippen LogP contribution in [-0.4, -0.2) is 15.5 Å². The Morgan fingerprint density at radius 1 is 1.21 bits per heavy atom. The number of halogens is 1. The minimum Gasteiger partial charge on any atom is -0.294 e. The summed E-state index contributed by atoms with van der Waals surface area (Å²) in [6.45, 7) is 5.14. The molecule has 1 fully saturated rings. The maximum atomic E-state index is 12.8. The molecular weight excluding hydrogens is 322 g/mol. The Bertz CT molecular complexity index is 846. The summed E-state index contributed by atoms with van der Waals surface area (Å²) in [5.41, 5.74) is 3.99. The molecule has 0 spiro atoms. The van der Waals surface area contributed by atoms with Crippen molar-refractivity contribution >= 4 is 17.3 Å². The summed E-state index contributed by atoms with van der Waals surface area (Å²) in [5.74, 6) is 1.60. The summed E-state index contributed by atoms with van der Waals surface area (Å²) in [4.78, 5) is 17.6. The molecule has 1 aliphatic carbocycles. The number of H-pyrrole nitrogens is 1. The van der Waals surface area contributed by atoms with Crippen LogP contribution in [0, 0.1) is 11.8 Å². The van der Waals surface area contributed by atoms with Crippen molar-refractivity contribution in [2.45, 2.75) is 45.6 Å². The van der Waals surface area contributed by atoms with Gasteiger partial charge in [0.2, 0.25) is 0 Å². The van der Waals surface area contributed by atoms with Gasteiger partial charge in [-0.25, -0.2) is 4.68 Å². The van der Waals surface area contributed by atoms with Gasteiger partial charge in [0.1, 0.15) is 0 Å². The van der Waals surface area contributed by atoms with Gasteiger partial charge in [-0.3, -0.25) is 14.9 Å². The topological polar surface area (TPSA) is 50.1 Å². The number of aromatic amines is 1. The molecule has 24 heavy (non-hydrogen) atoms. The molecule has 1 aromatic heterocycles. The second-order valence-corrected chi connectivity index (χ2v) is 7.65. The normalized spacial score (nSPS) is 26.3. The van der Waals surface area contributed by atoms with Crippen LogP contribution in [0.15, 0.2) is 34.1 Å². The van der Waals surface area contributed by atoms with Crippen LogP contribution < -0.4 is 5.56 Å². The van der Waals surface area contributed by atoms with Crippen LogP contribution in [0.5, 0.6) is 0 Å². The Labute approximate surface area is 146 Å². The Balaban J connectivity index is 1.78. The van der Waals surface area contributed by atoms with Gasteiger partial charge in [-0.2, -0.15) is 0 Å². The summed E-state index contributed by atoms with van der Waals surface area (Å²) in [7, 11) is 0. The molecule has 5 heteroatoms. The molecule has 126 valence electrons. The van der Waals surface area contributed by atoms with E-state index in [1.165, 1.54) is 12.1 Å². The molecule has 1 N–H and O–H groups in total. The minimum absolute atomic E-state index is 0.0140. The highest BCUT2D eigenvalue weighted by atomic mass is 35.5. The number of benzene rings is 1. The van der Waals surface area contributed by atoms with Gasteiger partial charge < -0.3 is 0 Å². The lowest BCUT2D eigenvalue weighted by Crippen LogP contribution is -2.22. The van der Waals surface area contributed by atoms with Gasteiger partial charge in [0.25, 0.3) is 5.56 Å². The first kappa shape index (κ1) is 15.7. The van der Waals surface area contributed by atoms with E-state index in [0.717, 1.165) is 29.8 Å². The standard InChI is InChI=1S/C19H22ClN3O/c1-11-3-8-17-15(9-12(11)2)18-16(10-21-17)19(24)23(22-18)14-6-4-13(20)5-7-14/h4-7,11-12,15,22H,3,8-10H2,1-2H3. The first-order chi connectivity index (χ1) is 11.5. The third-order valence-corrected chi connectivity index (χ3v) is 5.98. The summed E-state index contributed by atoms with van der Waals surface area (Å²) in [6.07, 6.45) is 3.30. The first-order valence-electron chi connectivity index (χ1n) is 8.67. The number of aliphatic imine (C=N–C) groups is 1. The molecule has 0 saturated heterocycles. The van der Waals surface area contributed by atoms with E-state index in [1.54, 1.807) is 16.8 Å². The van der Waals surface area contributed by atoms with Gasteiger partial charge in [0, 0.05) is 16.7 Å².